The minimum absolute atomic E-state index is 0.171. The SMILES string of the molecule is Cc1cc(NC(=O)NCCC(O)C(C)C)ccc1F. The molecule has 1 unspecified atom stereocenters. The third-order valence-corrected chi connectivity index (χ3v) is 2.91. The number of urea groups is 1. The molecule has 0 fully saturated rings. The molecular formula is C14H21FN2O2. The van der Waals surface area contributed by atoms with Crippen LogP contribution < -0.4 is 10.6 Å². The van der Waals surface area contributed by atoms with Gasteiger partial charge in [-0.05, 0) is 43.0 Å². The van der Waals surface area contributed by atoms with Gasteiger partial charge >= 0.3 is 6.03 Å². The second-order valence-corrected chi connectivity index (χ2v) is 4.94. The Bertz CT molecular complexity index is 435. The zero-order valence-corrected chi connectivity index (χ0v) is 11.5. The highest BCUT2D eigenvalue weighted by Gasteiger charge is 2.09. The van der Waals surface area contributed by atoms with Gasteiger partial charge in [0.1, 0.15) is 5.82 Å². The van der Waals surface area contributed by atoms with Gasteiger partial charge in [-0.15, -0.1) is 0 Å². The molecule has 0 saturated heterocycles. The minimum Gasteiger partial charge on any atom is -0.393 e. The summed E-state index contributed by atoms with van der Waals surface area (Å²) >= 11 is 0. The van der Waals surface area contributed by atoms with E-state index in [1.54, 1.807) is 13.0 Å². The molecule has 1 atom stereocenters. The van der Waals surface area contributed by atoms with E-state index >= 15 is 0 Å². The quantitative estimate of drug-likeness (QED) is 0.769. The lowest BCUT2D eigenvalue weighted by Crippen LogP contribution is -2.32. The first-order chi connectivity index (χ1) is 8.90. The molecule has 0 saturated carbocycles. The summed E-state index contributed by atoms with van der Waals surface area (Å²) in [6.45, 7) is 5.88. The zero-order valence-electron chi connectivity index (χ0n) is 11.5. The van der Waals surface area contributed by atoms with Gasteiger partial charge in [0.2, 0.25) is 0 Å². The van der Waals surface area contributed by atoms with Crippen LogP contribution in [-0.4, -0.2) is 23.8 Å². The molecule has 19 heavy (non-hydrogen) atoms. The van der Waals surface area contributed by atoms with Crippen molar-refractivity contribution in [2.24, 2.45) is 5.92 Å². The van der Waals surface area contributed by atoms with Crippen molar-refractivity contribution in [1.82, 2.24) is 5.32 Å². The van der Waals surface area contributed by atoms with Crippen LogP contribution in [0.25, 0.3) is 0 Å². The average molecular weight is 268 g/mol. The number of amides is 2. The van der Waals surface area contributed by atoms with Crippen molar-refractivity contribution < 1.29 is 14.3 Å². The predicted octanol–water partition coefficient (Wildman–Crippen LogP) is 2.66. The molecule has 0 aliphatic rings. The van der Waals surface area contributed by atoms with Gasteiger partial charge in [0.15, 0.2) is 0 Å². The molecule has 1 aromatic carbocycles. The van der Waals surface area contributed by atoms with Crippen LogP contribution in [0.4, 0.5) is 14.9 Å². The summed E-state index contributed by atoms with van der Waals surface area (Å²) in [6.07, 6.45) is 0.0847. The predicted molar refractivity (Wildman–Crippen MR) is 73.6 cm³/mol. The van der Waals surface area contributed by atoms with Gasteiger partial charge in [0.25, 0.3) is 0 Å². The van der Waals surface area contributed by atoms with Gasteiger partial charge in [0.05, 0.1) is 6.10 Å². The van der Waals surface area contributed by atoms with Gasteiger partial charge in [0, 0.05) is 12.2 Å². The number of hydrogen-bond donors (Lipinski definition) is 3. The van der Waals surface area contributed by atoms with E-state index in [-0.39, 0.29) is 17.8 Å². The van der Waals surface area contributed by atoms with Gasteiger partial charge in [-0.3, -0.25) is 0 Å². The van der Waals surface area contributed by atoms with Gasteiger partial charge in [-0.1, -0.05) is 13.8 Å². The van der Waals surface area contributed by atoms with Crippen LogP contribution in [-0.2, 0) is 0 Å². The summed E-state index contributed by atoms with van der Waals surface area (Å²) in [5.74, 6) is -0.129. The Kier molecular flexibility index (Phi) is 5.76. The first kappa shape index (κ1) is 15.4. The van der Waals surface area contributed by atoms with Crippen molar-refractivity contribution >= 4 is 11.7 Å². The first-order valence-corrected chi connectivity index (χ1v) is 6.39. The molecule has 1 rings (SSSR count). The van der Waals surface area contributed by atoms with Crippen molar-refractivity contribution in [2.45, 2.75) is 33.3 Å². The second-order valence-electron chi connectivity index (χ2n) is 4.94. The van der Waals surface area contributed by atoms with Crippen LogP contribution in [0, 0.1) is 18.7 Å². The van der Waals surface area contributed by atoms with Gasteiger partial charge < -0.3 is 15.7 Å². The molecule has 106 valence electrons. The normalized spacial score (nSPS) is 12.3. The minimum atomic E-state index is -0.423. The Balaban J connectivity index is 2.37. The molecule has 0 radical (unpaired) electrons. The topological polar surface area (TPSA) is 61.4 Å². The number of aliphatic hydroxyl groups excluding tert-OH is 1. The molecule has 0 bridgehead atoms. The van der Waals surface area contributed by atoms with Crippen LogP contribution in [0.1, 0.15) is 25.8 Å². The summed E-state index contributed by atoms with van der Waals surface area (Å²) in [7, 11) is 0. The lowest BCUT2D eigenvalue weighted by atomic mass is 10.0. The molecule has 5 heteroatoms. The highest BCUT2D eigenvalue weighted by molar-refractivity contribution is 5.89. The summed E-state index contributed by atoms with van der Waals surface area (Å²) in [5.41, 5.74) is 1.02. The largest absolute Gasteiger partial charge is 0.393 e. The van der Waals surface area contributed by atoms with Gasteiger partial charge in [-0.2, -0.15) is 0 Å². The number of rotatable bonds is 5. The van der Waals surface area contributed by atoms with E-state index in [2.05, 4.69) is 10.6 Å². The molecule has 0 aromatic heterocycles. The van der Waals surface area contributed by atoms with Crippen molar-refractivity contribution in [3.8, 4) is 0 Å². The van der Waals surface area contributed by atoms with E-state index < -0.39 is 6.10 Å². The summed E-state index contributed by atoms with van der Waals surface area (Å²) in [6, 6.07) is 4.03. The van der Waals surface area contributed by atoms with Crippen LogP contribution in [0.3, 0.4) is 0 Å². The number of nitrogens with one attached hydrogen (secondary N) is 2. The van der Waals surface area contributed by atoms with Crippen LogP contribution >= 0.6 is 0 Å². The Morgan fingerprint density at radius 3 is 2.68 bits per heavy atom. The molecule has 2 amide bonds. The highest BCUT2D eigenvalue weighted by atomic mass is 19.1. The summed E-state index contributed by atoms with van der Waals surface area (Å²) in [5, 5.41) is 14.8. The smallest absolute Gasteiger partial charge is 0.319 e. The molecular weight excluding hydrogens is 247 g/mol. The fourth-order valence-corrected chi connectivity index (χ4v) is 1.56. The van der Waals surface area contributed by atoms with Crippen molar-refractivity contribution in [3.05, 3.63) is 29.6 Å². The number of carbonyl (C=O) groups is 1. The molecule has 0 aliphatic heterocycles. The van der Waals surface area contributed by atoms with E-state index in [9.17, 15) is 14.3 Å². The van der Waals surface area contributed by atoms with Crippen LogP contribution in [0.5, 0.6) is 0 Å². The fourth-order valence-electron chi connectivity index (χ4n) is 1.56. The Morgan fingerprint density at radius 2 is 2.11 bits per heavy atom. The Hall–Kier alpha value is -1.62. The maximum atomic E-state index is 13.0. The number of aryl methyl sites for hydroxylation is 1. The average Bonchev–Trinajstić information content (AvgIpc) is 2.33. The molecule has 1 aromatic rings. The second kappa shape index (κ2) is 7.09. The number of halogens is 1. The third kappa shape index (κ3) is 5.26. The van der Waals surface area contributed by atoms with Crippen molar-refractivity contribution in [2.75, 3.05) is 11.9 Å². The molecule has 0 spiro atoms. The molecule has 3 N–H and O–H groups in total. The summed E-state index contributed by atoms with van der Waals surface area (Å²) in [4.78, 5) is 11.6. The van der Waals surface area contributed by atoms with Crippen molar-refractivity contribution in [3.63, 3.8) is 0 Å². The van der Waals surface area contributed by atoms with Gasteiger partial charge in [-0.25, -0.2) is 9.18 Å². The van der Waals surface area contributed by atoms with Crippen LogP contribution in [0.15, 0.2) is 18.2 Å². The number of aliphatic hydroxyl groups is 1. The van der Waals surface area contributed by atoms with E-state index in [0.717, 1.165) is 0 Å². The van der Waals surface area contributed by atoms with E-state index in [0.29, 0.717) is 24.2 Å². The lowest BCUT2D eigenvalue weighted by Gasteiger charge is -2.14. The van der Waals surface area contributed by atoms with E-state index in [4.69, 9.17) is 0 Å². The molecule has 0 heterocycles. The van der Waals surface area contributed by atoms with E-state index in [1.165, 1.54) is 12.1 Å². The third-order valence-electron chi connectivity index (χ3n) is 2.91. The Labute approximate surface area is 113 Å². The first-order valence-electron chi connectivity index (χ1n) is 6.39. The molecule has 4 nitrogen and oxygen atoms in total. The van der Waals surface area contributed by atoms with Crippen molar-refractivity contribution in [1.29, 1.82) is 0 Å². The number of hydrogen-bond acceptors (Lipinski definition) is 2. The number of carbonyl (C=O) groups excluding carboxylic acids is 1. The standard InChI is InChI=1S/C14H21FN2O2/c1-9(2)13(18)6-7-16-14(19)17-11-4-5-12(15)10(3)8-11/h4-5,8-9,13,18H,6-7H2,1-3H3,(H2,16,17,19). The summed E-state index contributed by atoms with van der Waals surface area (Å²) < 4.78 is 13.0. The molecule has 0 aliphatic carbocycles. The maximum absolute atomic E-state index is 13.0. The fraction of sp³-hybridized carbons (Fsp3) is 0.500. The monoisotopic (exact) mass is 268 g/mol. The number of benzene rings is 1. The van der Waals surface area contributed by atoms with Crippen LogP contribution in [0.2, 0.25) is 0 Å². The van der Waals surface area contributed by atoms with E-state index in [1.807, 2.05) is 13.8 Å². The Morgan fingerprint density at radius 1 is 1.42 bits per heavy atom. The highest BCUT2D eigenvalue weighted by Crippen LogP contribution is 2.13. The lowest BCUT2D eigenvalue weighted by molar-refractivity contribution is 0.117. The number of anilines is 1. The maximum Gasteiger partial charge on any atom is 0.319 e. The zero-order chi connectivity index (χ0) is 14.4.